The van der Waals surface area contributed by atoms with E-state index in [9.17, 15) is 54.0 Å². The molecule has 4 atom stereocenters. The van der Waals surface area contributed by atoms with Crippen molar-refractivity contribution in [2.75, 3.05) is 102 Å². The van der Waals surface area contributed by atoms with E-state index in [2.05, 4.69) is 56.6 Å². The predicted octanol–water partition coefficient (Wildman–Crippen LogP) is 13.3. The molecule has 28 heteroatoms. The van der Waals surface area contributed by atoms with Crippen LogP contribution in [0.25, 0.3) is 5.57 Å². The molecule has 0 unspecified atom stereocenters. The number of likely N-dealkylation sites (N-methyl/N-ethyl adjacent to an activating group) is 1. The standard InChI is InChI=1S/C79H98ClF3N10O10S4/c1-54(84-4)74(96)87-72(56-16-8-5-9-17-56)77(98)93-37-15-22-69(93)76-86-68(53-105-76)73(95)58-18-14-19-63(48-58)103-47-13-7-12-23-71(94)92-45-39-89(40-46-92)38-35-61(52-104-64-20-10-6-11-21-64)85-67-33-32-65(49-70(67)106(99,100)79(81,82)83)107(101,102)88-75(97)57-26-30-62(31-27-57)91-43-41-90(42-44-91)51-59-50-78(2,3)36-34-66(59)55-24-28-60(80)29-25-55/h6,10-11,14,18-21,24-33,48-49,53-54,56,61,69,72,84-85H,5,7-9,12-13,15-17,22-23,34-47,50-52H2,1-4H3,(H,87,96)(H,88,97)/t54-,61+,69-,72+/m0/s1. The van der Waals surface area contributed by atoms with E-state index in [4.69, 9.17) is 21.3 Å². The van der Waals surface area contributed by atoms with Gasteiger partial charge in [0, 0.05) is 122 Å². The molecule has 4 heterocycles. The van der Waals surface area contributed by atoms with Crippen LogP contribution < -0.4 is 30.3 Å². The molecule has 0 spiro atoms. The van der Waals surface area contributed by atoms with Crippen LogP contribution in [0.3, 0.4) is 0 Å². The fraction of sp³-hybridized carbons (Fsp3) is 0.494. The van der Waals surface area contributed by atoms with Crippen molar-refractivity contribution in [1.29, 1.82) is 0 Å². The number of amides is 4. The van der Waals surface area contributed by atoms with Crippen molar-refractivity contribution in [2.24, 2.45) is 11.3 Å². The number of alkyl halides is 3. The van der Waals surface area contributed by atoms with Gasteiger partial charge in [-0.05, 0) is 186 Å². The number of carbonyl (C=O) groups excluding carboxylic acids is 5. The number of piperazine rings is 2. The van der Waals surface area contributed by atoms with E-state index in [0.29, 0.717) is 125 Å². The lowest BCUT2D eigenvalue weighted by Gasteiger charge is -2.39. The van der Waals surface area contributed by atoms with E-state index >= 15 is 0 Å². The number of nitrogens with zero attached hydrogens (tertiary/aromatic N) is 6. The molecule has 4 fully saturated rings. The van der Waals surface area contributed by atoms with Crippen molar-refractivity contribution in [1.82, 2.24) is 39.9 Å². The Morgan fingerprint density at radius 2 is 1.50 bits per heavy atom. The molecule has 2 aliphatic carbocycles. The number of thioether (sulfide) groups is 1. The number of nitrogens with one attached hydrogen (secondary N) is 4. The first-order valence-corrected chi connectivity index (χ1v) is 42.5. The molecule has 5 aliphatic rings. The zero-order valence-corrected chi connectivity index (χ0v) is 65.2. The van der Waals surface area contributed by atoms with Crippen molar-refractivity contribution in [3.63, 3.8) is 0 Å². The molecule has 5 aromatic carbocycles. The van der Waals surface area contributed by atoms with Crippen molar-refractivity contribution < 1.29 is 58.7 Å². The highest BCUT2D eigenvalue weighted by atomic mass is 35.5. The summed E-state index contributed by atoms with van der Waals surface area (Å²) in [5.74, 6) is -0.753. The van der Waals surface area contributed by atoms with Gasteiger partial charge in [0.25, 0.3) is 25.8 Å². The Morgan fingerprint density at radius 1 is 0.776 bits per heavy atom. The summed E-state index contributed by atoms with van der Waals surface area (Å²) in [7, 11) is -9.38. The fourth-order valence-corrected chi connectivity index (χ4v) is 19.0. The number of aromatic nitrogens is 1. The molecule has 1 saturated carbocycles. The number of thiazole rings is 1. The van der Waals surface area contributed by atoms with Crippen LogP contribution in [-0.4, -0.2) is 186 Å². The third kappa shape index (κ3) is 21.2. The minimum atomic E-state index is -6.17. The molecule has 3 aliphatic heterocycles. The van der Waals surface area contributed by atoms with Gasteiger partial charge < -0.3 is 35.4 Å². The number of benzene rings is 5. The van der Waals surface area contributed by atoms with Crippen molar-refractivity contribution in [2.45, 2.75) is 161 Å². The van der Waals surface area contributed by atoms with Gasteiger partial charge in [0.05, 0.1) is 29.3 Å². The Bertz CT molecular complexity index is 4340. The summed E-state index contributed by atoms with van der Waals surface area (Å²) in [5.41, 5.74) is -0.584. The number of carbonyl (C=O) groups is 5. The number of allylic oxidation sites excluding steroid dienone is 1. The Labute approximate surface area is 640 Å². The van der Waals surface area contributed by atoms with Crippen LogP contribution in [0, 0.1) is 11.3 Å². The van der Waals surface area contributed by atoms with Crippen molar-refractivity contribution in [3.8, 4) is 5.75 Å². The Hall–Kier alpha value is -7.37. The first-order valence-electron chi connectivity index (χ1n) is 37.2. The Balaban J connectivity index is 0.637. The quantitative estimate of drug-likeness (QED) is 0.0180. The van der Waals surface area contributed by atoms with Crippen LogP contribution in [-0.2, 0) is 34.2 Å². The Morgan fingerprint density at radius 3 is 2.21 bits per heavy atom. The van der Waals surface area contributed by atoms with Gasteiger partial charge in [-0.1, -0.05) is 92.7 Å². The zero-order chi connectivity index (χ0) is 76.0. The molecule has 107 heavy (non-hydrogen) atoms. The van der Waals surface area contributed by atoms with Gasteiger partial charge in [0.15, 0.2) is 0 Å². The minimum Gasteiger partial charge on any atom is -0.494 e. The second-order valence-corrected chi connectivity index (χ2v) is 35.4. The highest BCUT2D eigenvalue weighted by molar-refractivity contribution is 7.99. The highest BCUT2D eigenvalue weighted by Crippen LogP contribution is 2.44. The summed E-state index contributed by atoms with van der Waals surface area (Å²) in [6.07, 6.45) is 12.2. The minimum absolute atomic E-state index is 0.0100. The molecular weight excluding hydrogens is 1470 g/mol. The number of likely N-dealkylation sites (tertiary alicyclic amines) is 1. The third-order valence-electron chi connectivity index (χ3n) is 21.3. The van der Waals surface area contributed by atoms with E-state index in [1.165, 1.54) is 51.9 Å². The SMILES string of the molecule is CN[C@@H](C)C(=O)N[C@@H](C(=O)N1CCC[C@H]1c1nc(C(=O)c2cccc(OCCCCCC(=O)N3CCN(CC[C@H](CSc4ccccc4)Nc4ccc(S(=O)(=O)NC(=O)c5ccc(N6CCN(CC7=C(c8ccc(Cl)cc8)CCC(C)(C)C7)CC6)cc5)cc4S(=O)(=O)C(F)(F)F)CC3)c2)cs1)C1CCCCC1. The number of hydrogen-bond acceptors (Lipinski definition) is 18. The summed E-state index contributed by atoms with van der Waals surface area (Å²) < 4.78 is 106. The lowest BCUT2D eigenvalue weighted by Crippen LogP contribution is -2.55. The summed E-state index contributed by atoms with van der Waals surface area (Å²) in [6, 6.07) is 31.0. The number of unbranched alkanes of at least 4 members (excludes halogenated alkanes) is 2. The maximum absolute atomic E-state index is 14.6. The highest BCUT2D eigenvalue weighted by Gasteiger charge is 2.49. The van der Waals surface area contributed by atoms with E-state index in [0.717, 1.165) is 100 Å². The second kappa shape index (κ2) is 36.4. The number of halogens is 4. The molecule has 4 amide bonds. The number of ketones is 1. The molecule has 0 radical (unpaired) electrons. The molecule has 1 aromatic heterocycles. The summed E-state index contributed by atoms with van der Waals surface area (Å²) in [6.45, 7) is 13.5. The van der Waals surface area contributed by atoms with Gasteiger partial charge >= 0.3 is 5.51 Å². The van der Waals surface area contributed by atoms with E-state index in [1.807, 2.05) is 57.0 Å². The molecular formula is C79H98ClF3N10O10S4. The van der Waals surface area contributed by atoms with E-state index in [-0.39, 0.29) is 57.9 Å². The summed E-state index contributed by atoms with van der Waals surface area (Å²) >= 11 is 9.00. The van der Waals surface area contributed by atoms with Crippen LogP contribution in [0.15, 0.2) is 147 Å². The number of rotatable bonds is 31. The van der Waals surface area contributed by atoms with Gasteiger partial charge in [-0.2, -0.15) is 13.2 Å². The smallest absolute Gasteiger partial charge is 0.494 e. The second-order valence-electron chi connectivity index (χ2n) is 29.4. The Kier molecular flexibility index (Phi) is 27.5. The van der Waals surface area contributed by atoms with Gasteiger partial charge in [-0.25, -0.2) is 26.5 Å². The van der Waals surface area contributed by atoms with E-state index < -0.39 is 64.9 Å². The molecule has 4 N–H and O–H groups in total. The van der Waals surface area contributed by atoms with E-state index in [1.54, 1.807) is 55.7 Å². The average Bonchev–Trinajstić information content (AvgIpc) is 1.68. The lowest BCUT2D eigenvalue weighted by molar-refractivity contribution is -0.139. The molecule has 576 valence electrons. The first-order chi connectivity index (χ1) is 51.2. The average molecular weight is 1570 g/mol. The fourth-order valence-electron chi connectivity index (χ4n) is 14.9. The zero-order valence-electron chi connectivity index (χ0n) is 61.2. The number of sulfonamides is 1. The van der Waals surface area contributed by atoms with Crippen LogP contribution in [0.5, 0.6) is 5.75 Å². The monoisotopic (exact) mass is 1570 g/mol. The first kappa shape index (κ1) is 80.6. The normalized spacial score (nSPS) is 18.7. The predicted molar refractivity (Wildman–Crippen MR) is 414 cm³/mol. The number of anilines is 2. The van der Waals surface area contributed by atoms with Gasteiger partial charge in [0.2, 0.25) is 23.5 Å². The lowest BCUT2D eigenvalue weighted by atomic mass is 9.73. The number of hydrogen-bond donors (Lipinski definition) is 4. The summed E-state index contributed by atoms with van der Waals surface area (Å²) in [4.78, 5) is 82.3. The van der Waals surface area contributed by atoms with Crippen LogP contribution in [0.4, 0.5) is 24.5 Å². The third-order valence-corrected chi connectivity index (χ3v) is 26.5. The molecule has 6 aromatic rings. The molecule has 3 saturated heterocycles. The van der Waals surface area contributed by atoms with Crippen LogP contribution >= 0.6 is 34.7 Å². The number of sulfone groups is 1. The van der Waals surface area contributed by atoms with Gasteiger partial charge in [0.1, 0.15) is 27.4 Å². The van der Waals surface area contributed by atoms with Crippen LogP contribution in [0.2, 0.25) is 5.02 Å². The summed E-state index contributed by atoms with van der Waals surface area (Å²) in [5, 5.41) is 12.2. The van der Waals surface area contributed by atoms with Crippen LogP contribution in [0.1, 0.15) is 160 Å². The molecule has 11 rings (SSSR count). The van der Waals surface area contributed by atoms with Crippen molar-refractivity contribution in [3.05, 3.63) is 165 Å². The van der Waals surface area contributed by atoms with Crippen molar-refractivity contribution >= 4 is 101 Å². The maximum Gasteiger partial charge on any atom is 0.501 e. The van der Waals surface area contributed by atoms with Gasteiger partial charge in [-0.3, -0.25) is 33.8 Å². The molecule has 0 bridgehead atoms. The van der Waals surface area contributed by atoms with Gasteiger partial charge in [-0.15, -0.1) is 23.1 Å². The number of ether oxygens (including phenoxy) is 1. The largest absolute Gasteiger partial charge is 0.501 e. The molecule has 20 nitrogen and oxygen atoms in total. The maximum atomic E-state index is 14.6. The topological polar surface area (TPSA) is 240 Å².